The van der Waals surface area contributed by atoms with Crippen molar-refractivity contribution in [2.24, 2.45) is 0 Å². The van der Waals surface area contributed by atoms with Crippen molar-refractivity contribution in [2.45, 2.75) is 26.4 Å². The number of methoxy groups -OCH3 is 1. The van der Waals surface area contributed by atoms with Gasteiger partial charge in [0.25, 0.3) is 0 Å². The Morgan fingerprint density at radius 1 is 1.33 bits per heavy atom. The zero-order valence-electron chi connectivity index (χ0n) is 12.5. The quantitative estimate of drug-likeness (QED) is 0.724. The highest BCUT2D eigenvalue weighted by Gasteiger charge is 2.16. The molecule has 0 spiro atoms. The van der Waals surface area contributed by atoms with Gasteiger partial charge in [-0.25, -0.2) is 4.79 Å². The van der Waals surface area contributed by atoms with Gasteiger partial charge in [-0.05, 0) is 31.0 Å². The van der Waals surface area contributed by atoms with Crippen LogP contribution < -0.4 is 10.1 Å². The van der Waals surface area contributed by atoms with Crippen molar-refractivity contribution in [3.8, 4) is 5.75 Å². The van der Waals surface area contributed by atoms with E-state index in [0.29, 0.717) is 0 Å². The van der Waals surface area contributed by atoms with E-state index in [1.807, 2.05) is 32.0 Å². The summed E-state index contributed by atoms with van der Waals surface area (Å²) in [5.41, 5.74) is 2.09. The first-order valence-electron chi connectivity index (χ1n) is 6.66. The number of aliphatic hydroxyl groups is 1. The molecule has 6 nitrogen and oxygen atoms in total. The lowest BCUT2D eigenvalue weighted by Crippen LogP contribution is -2.37. The number of carbonyl (C=O) groups excluding carboxylic acids is 2. The van der Waals surface area contributed by atoms with E-state index in [1.54, 1.807) is 0 Å². The maximum atomic E-state index is 11.5. The average molecular weight is 295 g/mol. The van der Waals surface area contributed by atoms with Crippen LogP contribution in [0.5, 0.6) is 5.75 Å². The van der Waals surface area contributed by atoms with E-state index in [2.05, 4.69) is 10.1 Å². The van der Waals surface area contributed by atoms with Crippen molar-refractivity contribution in [1.82, 2.24) is 5.32 Å². The van der Waals surface area contributed by atoms with E-state index < -0.39 is 12.1 Å². The highest BCUT2D eigenvalue weighted by Crippen LogP contribution is 2.19. The number of benzene rings is 1. The first kappa shape index (κ1) is 17.0. The van der Waals surface area contributed by atoms with Gasteiger partial charge in [-0.1, -0.05) is 12.1 Å². The van der Waals surface area contributed by atoms with Crippen LogP contribution in [0.4, 0.5) is 0 Å². The lowest BCUT2D eigenvalue weighted by molar-refractivity contribution is -0.150. The highest BCUT2D eigenvalue weighted by molar-refractivity contribution is 5.78. The van der Waals surface area contributed by atoms with E-state index in [4.69, 9.17) is 4.74 Å². The summed E-state index contributed by atoms with van der Waals surface area (Å²) in [6.45, 7) is 3.95. The van der Waals surface area contributed by atoms with Crippen LogP contribution in [0.2, 0.25) is 0 Å². The lowest BCUT2D eigenvalue weighted by atomic mass is 10.1. The monoisotopic (exact) mass is 295 g/mol. The topological polar surface area (TPSA) is 84.9 Å². The van der Waals surface area contributed by atoms with Gasteiger partial charge in [-0.2, -0.15) is 0 Å². The number of amides is 1. The predicted molar refractivity (Wildman–Crippen MR) is 77.1 cm³/mol. The summed E-state index contributed by atoms with van der Waals surface area (Å²) >= 11 is 0. The average Bonchev–Trinajstić information content (AvgIpc) is 2.47. The third-order valence-electron chi connectivity index (χ3n) is 2.90. The first-order valence-corrected chi connectivity index (χ1v) is 6.66. The molecule has 0 aliphatic carbocycles. The Labute approximate surface area is 124 Å². The molecule has 1 amide bonds. The number of esters is 1. The number of hydrogen-bond acceptors (Lipinski definition) is 5. The Balaban J connectivity index is 2.30. The molecule has 0 bridgehead atoms. The fourth-order valence-corrected chi connectivity index (χ4v) is 1.63. The molecule has 1 unspecified atom stereocenters. The summed E-state index contributed by atoms with van der Waals surface area (Å²) in [5, 5.41) is 11.8. The number of carbonyl (C=O) groups is 2. The number of ether oxygens (including phenoxy) is 2. The van der Waals surface area contributed by atoms with E-state index >= 15 is 0 Å². The van der Waals surface area contributed by atoms with Crippen molar-refractivity contribution in [3.05, 3.63) is 29.3 Å². The third-order valence-corrected chi connectivity index (χ3v) is 2.90. The second-order valence-electron chi connectivity index (χ2n) is 4.71. The summed E-state index contributed by atoms with van der Waals surface area (Å²) in [6, 6.07) is 5.86. The number of aliphatic hydroxyl groups excluding tert-OH is 1. The summed E-state index contributed by atoms with van der Waals surface area (Å²) < 4.78 is 9.89. The van der Waals surface area contributed by atoms with Crippen LogP contribution >= 0.6 is 0 Å². The second kappa shape index (κ2) is 8.26. The Bertz CT molecular complexity index is 501. The summed E-state index contributed by atoms with van der Waals surface area (Å²) in [6.07, 6.45) is -1.21. The molecule has 0 heterocycles. The zero-order chi connectivity index (χ0) is 15.8. The van der Waals surface area contributed by atoms with Gasteiger partial charge in [-0.15, -0.1) is 0 Å². The molecule has 0 aromatic heterocycles. The fraction of sp³-hybridized carbons (Fsp3) is 0.467. The van der Waals surface area contributed by atoms with Gasteiger partial charge >= 0.3 is 5.97 Å². The van der Waals surface area contributed by atoms with Crippen LogP contribution in [0.1, 0.15) is 17.5 Å². The largest absolute Gasteiger partial charge is 0.493 e. The van der Waals surface area contributed by atoms with Gasteiger partial charge in [0.1, 0.15) is 5.75 Å². The van der Waals surface area contributed by atoms with Gasteiger partial charge < -0.3 is 19.9 Å². The smallest absolute Gasteiger partial charge is 0.336 e. The highest BCUT2D eigenvalue weighted by atomic mass is 16.5. The first-order chi connectivity index (χ1) is 9.93. The SMILES string of the molecule is COC(=O)C(O)CNC(=O)CCOc1cc(C)ccc1C. The molecule has 0 aliphatic rings. The van der Waals surface area contributed by atoms with Crippen LogP contribution in [-0.2, 0) is 14.3 Å². The summed E-state index contributed by atoms with van der Waals surface area (Å²) in [5.74, 6) is -0.331. The minimum atomic E-state index is -1.35. The molecule has 1 rings (SSSR count). The molecule has 2 N–H and O–H groups in total. The van der Waals surface area contributed by atoms with Crippen LogP contribution in [0, 0.1) is 13.8 Å². The van der Waals surface area contributed by atoms with Gasteiger partial charge in [0.05, 0.1) is 26.7 Å². The van der Waals surface area contributed by atoms with Crippen LogP contribution in [0.25, 0.3) is 0 Å². The molecular formula is C15H21NO5. The van der Waals surface area contributed by atoms with Gasteiger partial charge in [0.2, 0.25) is 5.91 Å². The molecule has 6 heteroatoms. The van der Waals surface area contributed by atoms with Gasteiger partial charge in [-0.3, -0.25) is 4.79 Å². The van der Waals surface area contributed by atoms with Crippen molar-refractivity contribution >= 4 is 11.9 Å². The molecule has 1 aromatic rings. The minimum absolute atomic E-state index is 0.140. The van der Waals surface area contributed by atoms with Crippen molar-refractivity contribution in [3.63, 3.8) is 0 Å². The molecular weight excluding hydrogens is 274 g/mol. The number of nitrogens with one attached hydrogen (secondary N) is 1. The Kier molecular flexibility index (Phi) is 6.68. The van der Waals surface area contributed by atoms with Crippen LogP contribution in [0.3, 0.4) is 0 Å². The molecule has 0 fully saturated rings. The molecule has 0 radical (unpaired) electrons. The maximum absolute atomic E-state index is 11.5. The molecule has 0 saturated heterocycles. The van der Waals surface area contributed by atoms with Crippen molar-refractivity contribution < 1.29 is 24.2 Å². The van der Waals surface area contributed by atoms with Gasteiger partial charge in [0, 0.05) is 0 Å². The third kappa shape index (κ3) is 5.83. The molecule has 116 valence electrons. The normalized spacial score (nSPS) is 11.6. The summed E-state index contributed by atoms with van der Waals surface area (Å²) in [7, 11) is 1.17. The van der Waals surface area contributed by atoms with Crippen molar-refractivity contribution in [2.75, 3.05) is 20.3 Å². The predicted octanol–water partition coefficient (Wildman–Crippen LogP) is 0.722. The lowest BCUT2D eigenvalue weighted by Gasteiger charge is -2.11. The maximum Gasteiger partial charge on any atom is 0.336 e. The Morgan fingerprint density at radius 2 is 2.05 bits per heavy atom. The number of aryl methyl sites for hydroxylation is 2. The number of hydrogen-bond donors (Lipinski definition) is 2. The number of rotatable bonds is 7. The van der Waals surface area contributed by atoms with E-state index in [9.17, 15) is 14.7 Å². The molecule has 1 aromatic carbocycles. The van der Waals surface area contributed by atoms with E-state index in [0.717, 1.165) is 16.9 Å². The molecule has 1 atom stereocenters. The molecule has 21 heavy (non-hydrogen) atoms. The van der Waals surface area contributed by atoms with Crippen molar-refractivity contribution in [1.29, 1.82) is 0 Å². The molecule has 0 aliphatic heterocycles. The van der Waals surface area contributed by atoms with E-state index in [-0.39, 0.29) is 25.5 Å². The summed E-state index contributed by atoms with van der Waals surface area (Å²) in [4.78, 5) is 22.5. The Morgan fingerprint density at radius 3 is 2.71 bits per heavy atom. The fourth-order valence-electron chi connectivity index (χ4n) is 1.63. The minimum Gasteiger partial charge on any atom is -0.493 e. The van der Waals surface area contributed by atoms with Crippen LogP contribution in [-0.4, -0.2) is 43.3 Å². The molecule has 0 saturated carbocycles. The standard InChI is InChI=1S/C15H21NO5/c1-10-4-5-11(2)13(8-10)21-7-6-14(18)16-9-12(17)15(19)20-3/h4-5,8,12,17H,6-7,9H2,1-3H3,(H,16,18). The van der Waals surface area contributed by atoms with Gasteiger partial charge in [0.15, 0.2) is 6.10 Å². The zero-order valence-corrected chi connectivity index (χ0v) is 12.5. The van der Waals surface area contributed by atoms with E-state index in [1.165, 1.54) is 7.11 Å². The Hall–Kier alpha value is -2.08. The van der Waals surface area contributed by atoms with Crippen LogP contribution in [0.15, 0.2) is 18.2 Å². The second-order valence-corrected chi connectivity index (χ2v) is 4.71.